The molecule has 3 aromatic carbocycles. The molecule has 0 spiro atoms. The van der Waals surface area contributed by atoms with Gasteiger partial charge in [0.1, 0.15) is 17.1 Å². The van der Waals surface area contributed by atoms with Crippen molar-refractivity contribution in [3.63, 3.8) is 0 Å². The topological polar surface area (TPSA) is 76.7 Å². The van der Waals surface area contributed by atoms with Gasteiger partial charge in [-0.15, -0.1) is 0 Å². The maximum atomic E-state index is 12.0. The molecule has 156 valence electrons. The van der Waals surface area contributed by atoms with E-state index in [0.29, 0.717) is 22.5 Å². The molecule has 1 aliphatic carbocycles. The molecule has 0 atom stereocenters. The van der Waals surface area contributed by atoms with Crippen molar-refractivity contribution in [2.75, 3.05) is 7.11 Å². The Labute approximate surface area is 183 Å². The van der Waals surface area contributed by atoms with Crippen LogP contribution in [0.1, 0.15) is 10.4 Å². The molecule has 0 unspecified atom stereocenters. The van der Waals surface area contributed by atoms with Crippen LogP contribution < -0.4 is 10.2 Å². The smallest absolute Gasteiger partial charge is 0.336 e. The number of aromatic carboxylic acids is 1. The van der Waals surface area contributed by atoms with E-state index >= 15 is 0 Å². The summed E-state index contributed by atoms with van der Waals surface area (Å²) < 4.78 is 11.5. The Morgan fingerprint density at radius 2 is 1.66 bits per heavy atom. The Morgan fingerprint density at radius 3 is 2.47 bits per heavy atom. The fourth-order valence-corrected chi connectivity index (χ4v) is 4.03. The number of carboxylic acids is 1. The van der Waals surface area contributed by atoms with Crippen LogP contribution in [0.2, 0.25) is 0 Å². The second-order valence-corrected chi connectivity index (χ2v) is 7.43. The number of carboxylic acid groups (broad SMARTS) is 1. The molecule has 3 aromatic rings. The lowest BCUT2D eigenvalue weighted by Gasteiger charge is -2.17. The van der Waals surface area contributed by atoms with Crippen molar-refractivity contribution in [2.24, 2.45) is 0 Å². The van der Waals surface area contributed by atoms with Gasteiger partial charge in [0.05, 0.1) is 12.7 Å². The molecular formula is C27H18O5. The Hall–Kier alpha value is -4.38. The molecule has 0 radical (unpaired) electrons. The summed E-state index contributed by atoms with van der Waals surface area (Å²) in [5, 5.41) is 10.5. The van der Waals surface area contributed by atoms with E-state index in [1.807, 2.05) is 42.5 Å². The van der Waals surface area contributed by atoms with E-state index < -0.39 is 5.97 Å². The number of ether oxygens (including phenoxy) is 1. The summed E-state index contributed by atoms with van der Waals surface area (Å²) in [4.78, 5) is 24.0. The van der Waals surface area contributed by atoms with Crippen molar-refractivity contribution < 1.29 is 19.1 Å². The van der Waals surface area contributed by atoms with Gasteiger partial charge in [-0.25, -0.2) is 4.79 Å². The SMILES string of the molecule is COc1cccc(-c2ccc3c(-c4ccccc4C(=O)O)c4ccc(=O)cc-4oc3c2)c1. The van der Waals surface area contributed by atoms with E-state index in [2.05, 4.69) is 0 Å². The minimum absolute atomic E-state index is 0.179. The molecule has 5 heteroatoms. The third-order valence-electron chi connectivity index (χ3n) is 5.52. The molecule has 5 rings (SSSR count). The summed E-state index contributed by atoms with van der Waals surface area (Å²) in [7, 11) is 1.62. The van der Waals surface area contributed by atoms with Gasteiger partial charge in [-0.3, -0.25) is 4.79 Å². The molecule has 0 aromatic heterocycles. The third-order valence-corrected chi connectivity index (χ3v) is 5.52. The lowest BCUT2D eigenvalue weighted by molar-refractivity contribution is 0.0697. The first-order valence-corrected chi connectivity index (χ1v) is 10.0. The standard InChI is InChI=1S/C27H18O5/c1-31-19-6-4-5-16(13-19)17-9-11-22-24(14-17)32-25-15-18(28)10-12-23(25)26(22)20-7-2-3-8-21(20)27(29)30/h2-15H,1H3,(H,29,30). The van der Waals surface area contributed by atoms with Gasteiger partial charge in [-0.1, -0.05) is 36.4 Å². The molecule has 5 nitrogen and oxygen atoms in total. The molecule has 0 fully saturated rings. The second-order valence-electron chi connectivity index (χ2n) is 7.43. The van der Waals surface area contributed by atoms with Crippen LogP contribution in [-0.4, -0.2) is 18.2 Å². The lowest BCUT2D eigenvalue weighted by atomic mass is 9.90. The molecule has 2 aliphatic rings. The first-order chi connectivity index (χ1) is 15.5. The van der Waals surface area contributed by atoms with Gasteiger partial charge < -0.3 is 14.3 Å². The lowest BCUT2D eigenvalue weighted by Crippen LogP contribution is -2.03. The molecule has 1 N–H and O–H groups in total. The van der Waals surface area contributed by atoms with E-state index in [9.17, 15) is 14.7 Å². The Morgan fingerprint density at radius 1 is 0.844 bits per heavy atom. The summed E-state index contributed by atoms with van der Waals surface area (Å²) in [6.45, 7) is 0. The fraction of sp³-hybridized carbons (Fsp3) is 0.0370. The number of rotatable bonds is 4. The van der Waals surface area contributed by atoms with Gasteiger partial charge in [0.2, 0.25) is 0 Å². The van der Waals surface area contributed by atoms with Crippen LogP contribution in [0.3, 0.4) is 0 Å². The summed E-state index contributed by atoms with van der Waals surface area (Å²) >= 11 is 0. The molecule has 1 heterocycles. The van der Waals surface area contributed by atoms with Crippen molar-refractivity contribution in [3.8, 4) is 39.3 Å². The van der Waals surface area contributed by atoms with Crippen molar-refractivity contribution in [3.05, 3.63) is 101 Å². The fourth-order valence-electron chi connectivity index (χ4n) is 4.03. The first kappa shape index (κ1) is 19.6. The monoisotopic (exact) mass is 422 g/mol. The quantitative estimate of drug-likeness (QED) is 0.363. The predicted octanol–water partition coefficient (Wildman–Crippen LogP) is 5.94. The number of hydrogen-bond acceptors (Lipinski definition) is 4. The molecular weight excluding hydrogens is 404 g/mol. The normalized spacial score (nSPS) is 11.0. The van der Waals surface area contributed by atoms with Crippen molar-refractivity contribution in [1.29, 1.82) is 0 Å². The van der Waals surface area contributed by atoms with E-state index in [4.69, 9.17) is 9.15 Å². The van der Waals surface area contributed by atoms with Gasteiger partial charge in [0, 0.05) is 22.6 Å². The minimum atomic E-state index is -1.02. The maximum Gasteiger partial charge on any atom is 0.336 e. The molecule has 0 amide bonds. The van der Waals surface area contributed by atoms with Gasteiger partial charge in [-0.05, 0) is 59.2 Å². The summed E-state index contributed by atoms with van der Waals surface area (Å²) in [6.07, 6.45) is 0. The second kappa shape index (κ2) is 7.71. The van der Waals surface area contributed by atoms with E-state index in [1.165, 1.54) is 12.1 Å². The number of fused-ring (bicyclic) bond motifs is 2. The zero-order chi connectivity index (χ0) is 22.2. The number of benzene rings is 4. The average Bonchev–Trinajstić information content (AvgIpc) is 2.82. The molecule has 1 aliphatic heterocycles. The molecule has 32 heavy (non-hydrogen) atoms. The Balaban J connectivity index is 1.85. The summed E-state index contributed by atoms with van der Waals surface area (Å²) in [6, 6.07) is 24.9. The third kappa shape index (κ3) is 3.30. The van der Waals surface area contributed by atoms with Crippen molar-refractivity contribution >= 4 is 16.9 Å². The van der Waals surface area contributed by atoms with Crippen molar-refractivity contribution in [1.82, 2.24) is 0 Å². The Bertz CT molecular complexity index is 1510. The van der Waals surface area contributed by atoms with Crippen molar-refractivity contribution in [2.45, 2.75) is 0 Å². The summed E-state index contributed by atoms with van der Waals surface area (Å²) in [5.74, 6) is 0.129. The first-order valence-electron chi connectivity index (χ1n) is 10.0. The van der Waals surface area contributed by atoms with Crippen LogP contribution in [-0.2, 0) is 0 Å². The molecule has 0 saturated heterocycles. The van der Waals surface area contributed by atoms with Crippen LogP contribution in [0.25, 0.3) is 44.5 Å². The average molecular weight is 422 g/mol. The van der Waals surface area contributed by atoms with Crippen LogP contribution >= 0.6 is 0 Å². The largest absolute Gasteiger partial charge is 0.497 e. The highest BCUT2D eigenvalue weighted by molar-refractivity contribution is 6.07. The van der Waals surface area contributed by atoms with Gasteiger partial charge in [0.15, 0.2) is 5.43 Å². The van der Waals surface area contributed by atoms with Gasteiger partial charge in [-0.2, -0.15) is 0 Å². The highest BCUT2D eigenvalue weighted by Crippen LogP contribution is 2.42. The van der Waals surface area contributed by atoms with E-state index in [-0.39, 0.29) is 11.0 Å². The Kier molecular flexibility index (Phi) is 4.71. The van der Waals surface area contributed by atoms with Gasteiger partial charge in [0.25, 0.3) is 0 Å². The highest BCUT2D eigenvalue weighted by Gasteiger charge is 2.21. The zero-order valence-electron chi connectivity index (χ0n) is 17.2. The maximum absolute atomic E-state index is 12.0. The number of methoxy groups -OCH3 is 1. The minimum Gasteiger partial charge on any atom is -0.497 e. The number of carbonyl (C=O) groups is 1. The molecule has 0 saturated carbocycles. The van der Waals surface area contributed by atoms with Crippen LogP contribution in [0.4, 0.5) is 0 Å². The van der Waals surface area contributed by atoms with Crippen LogP contribution in [0.5, 0.6) is 5.75 Å². The zero-order valence-corrected chi connectivity index (χ0v) is 17.2. The predicted molar refractivity (Wildman–Crippen MR) is 123 cm³/mol. The molecule has 0 bridgehead atoms. The van der Waals surface area contributed by atoms with E-state index in [1.54, 1.807) is 37.4 Å². The highest BCUT2D eigenvalue weighted by atomic mass is 16.5. The number of hydrogen-bond donors (Lipinski definition) is 1. The van der Waals surface area contributed by atoms with E-state index in [0.717, 1.165) is 27.8 Å². The van der Waals surface area contributed by atoms with Crippen LogP contribution in [0, 0.1) is 0 Å². The van der Waals surface area contributed by atoms with Crippen LogP contribution in [0.15, 0.2) is 94.1 Å². The summed E-state index contributed by atoms with van der Waals surface area (Å²) in [5.41, 5.74) is 4.39. The van der Waals surface area contributed by atoms with Gasteiger partial charge >= 0.3 is 5.97 Å².